The lowest BCUT2D eigenvalue weighted by Crippen LogP contribution is -2.24. The van der Waals surface area contributed by atoms with E-state index in [2.05, 4.69) is 10.3 Å². The molecule has 0 unspecified atom stereocenters. The van der Waals surface area contributed by atoms with Gasteiger partial charge in [0, 0.05) is 12.7 Å². The maximum absolute atomic E-state index is 12.7. The number of pyridine rings is 1. The molecule has 0 bridgehead atoms. The average Bonchev–Trinajstić information content (AvgIpc) is 2.46. The van der Waals surface area contributed by atoms with Crippen LogP contribution in [0.3, 0.4) is 0 Å². The maximum atomic E-state index is 12.7. The number of aromatic hydroxyl groups is 1. The van der Waals surface area contributed by atoms with Gasteiger partial charge in [-0.3, -0.25) is 4.79 Å². The molecule has 0 saturated carbocycles. The highest BCUT2D eigenvalue weighted by molar-refractivity contribution is 5.95. The number of benzene rings is 1. The van der Waals surface area contributed by atoms with Crippen LogP contribution in [0.25, 0.3) is 0 Å². The zero-order valence-corrected chi connectivity index (χ0v) is 10.3. The fourth-order valence-electron chi connectivity index (χ4n) is 1.58. The highest BCUT2D eigenvalue weighted by Gasteiger charge is 2.15. The first kappa shape index (κ1) is 13.5. The van der Waals surface area contributed by atoms with Gasteiger partial charge in [-0.05, 0) is 23.8 Å². The topological polar surface area (TPSA) is 86.0 Å². The lowest BCUT2D eigenvalue weighted by molar-refractivity contribution is 0.0943. The van der Waals surface area contributed by atoms with Crippen molar-refractivity contribution in [2.45, 2.75) is 6.54 Å². The Labute approximate surface area is 114 Å². The van der Waals surface area contributed by atoms with Crippen molar-refractivity contribution in [3.63, 3.8) is 0 Å². The van der Waals surface area contributed by atoms with Crippen LogP contribution in [0.2, 0.25) is 0 Å². The van der Waals surface area contributed by atoms with Gasteiger partial charge in [0.25, 0.3) is 5.91 Å². The summed E-state index contributed by atoms with van der Waals surface area (Å²) in [7, 11) is 0. The van der Waals surface area contributed by atoms with Crippen LogP contribution in [0.15, 0.2) is 36.5 Å². The van der Waals surface area contributed by atoms with E-state index in [4.69, 9.17) is 5.26 Å². The number of halogens is 1. The van der Waals surface area contributed by atoms with Crippen LogP contribution in [-0.2, 0) is 6.54 Å². The summed E-state index contributed by atoms with van der Waals surface area (Å²) in [5.41, 5.74) is 0.466. The van der Waals surface area contributed by atoms with Crippen LogP contribution in [0.5, 0.6) is 5.75 Å². The van der Waals surface area contributed by atoms with Gasteiger partial charge in [0.2, 0.25) is 0 Å². The molecule has 0 radical (unpaired) electrons. The number of carbonyl (C=O) groups is 1. The molecule has 0 aliphatic carbocycles. The lowest BCUT2D eigenvalue weighted by Gasteiger charge is -2.06. The van der Waals surface area contributed by atoms with E-state index in [-0.39, 0.29) is 23.6 Å². The third-order valence-electron chi connectivity index (χ3n) is 2.63. The van der Waals surface area contributed by atoms with Crippen molar-refractivity contribution in [3.8, 4) is 11.8 Å². The molecule has 0 saturated heterocycles. The normalized spacial score (nSPS) is 9.80. The Kier molecular flexibility index (Phi) is 3.91. The van der Waals surface area contributed by atoms with Gasteiger partial charge >= 0.3 is 0 Å². The molecule has 100 valence electrons. The summed E-state index contributed by atoms with van der Waals surface area (Å²) in [5, 5.41) is 21.0. The first-order chi connectivity index (χ1) is 9.61. The molecule has 1 aromatic carbocycles. The Morgan fingerprint density at radius 1 is 1.35 bits per heavy atom. The number of aromatic nitrogens is 1. The number of nitrogens with one attached hydrogen (secondary N) is 1. The van der Waals surface area contributed by atoms with Crippen LogP contribution in [0, 0.1) is 17.1 Å². The average molecular weight is 271 g/mol. The van der Waals surface area contributed by atoms with E-state index in [1.807, 2.05) is 0 Å². The fourth-order valence-corrected chi connectivity index (χ4v) is 1.58. The number of hydrogen-bond acceptors (Lipinski definition) is 4. The van der Waals surface area contributed by atoms with Crippen LogP contribution in [0.1, 0.15) is 21.6 Å². The molecule has 1 heterocycles. The van der Waals surface area contributed by atoms with Gasteiger partial charge in [-0.15, -0.1) is 0 Å². The molecule has 0 aliphatic heterocycles. The highest BCUT2D eigenvalue weighted by atomic mass is 19.1. The summed E-state index contributed by atoms with van der Waals surface area (Å²) in [6, 6.07) is 8.71. The van der Waals surface area contributed by atoms with E-state index < -0.39 is 11.7 Å². The van der Waals surface area contributed by atoms with E-state index in [1.54, 1.807) is 6.07 Å². The summed E-state index contributed by atoms with van der Waals surface area (Å²) in [5.74, 6) is -1.42. The predicted molar refractivity (Wildman–Crippen MR) is 68.2 cm³/mol. The Hall–Kier alpha value is -2.94. The Balaban J connectivity index is 2.09. The number of hydrogen-bond donors (Lipinski definition) is 2. The molecule has 0 spiro atoms. The van der Waals surface area contributed by atoms with E-state index >= 15 is 0 Å². The number of rotatable bonds is 3. The van der Waals surface area contributed by atoms with Gasteiger partial charge in [0.1, 0.15) is 11.9 Å². The van der Waals surface area contributed by atoms with Crippen LogP contribution in [0.4, 0.5) is 4.39 Å². The minimum absolute atomic E-state index is 0.0214. The molecule has 0 aliphatic rings. The van der Waals surface area contributed by atoms with Gasteiger partial charge in [0.15, 0.2) is 11.4 Å². The molecule has 0 atom stereocenters. The second-order valence-electron chi connectivity index (χ2n) is 3.98. The zero-order chi connectivity index (χ0) is 14.5. The predicted octanol–water partition coefficient (Wildman–Crippen LogP) is 1.73. The van der Waals surface area contributed by atoms with Crippen molar-refractivity contribution in [2.24, 2.45) is 0 Å². The van der Waals surface area contributed by atoms with Crippen molar-refractivity contribution >= 4 is 5.91 Å². The number of amides is 1. The van der Waals surface area contributed by atoms with Gasteiger partial charge in [-0.25, -0.2) is 9.37 Å². The van der Waals surface area contributed by atoms with E-state index in [0.29, 0.717) is 5.56 Å². The smallest absolute Gasteiger partial charge is 0.274 e. The maximum Gasteiger partial charge on any atom is 0.274 e. The molecule has 1 amide bonds. The Morgan fingerprint density at radius 3 is 2.70 bits per heavy atom. The Morgan fingerprint density at radius 2 is 2.05 bits per heavy atom. The number of carbonyl (C=O) groups excluding carboxylic acids is 1. The van der Waals surface area contributed by atoms with Gasteiger partial charge in [0.05, 0.1) is 5.56 Å². The van der Waals surface area contributed by atoms with Gasteiger partial charge in [-0.1, -0.05) is 12.1 Å². The van der Waals surface area contributed by atoms with Crippen molar-refractivity contribution in [1.82, 2.24) is 10.3 Å². The second kappa shape index (κ2) is 5.80. The highest BCUT2D eigenvalue weighted by Crippen LogP contribution is 2.19. The fraction of sp³-hybridized carbons (Fsp3) is 0.0714. The van der Waals surface area contributed by atoms with Gasteiger partial charge in [-0.2, -0.15) is 5.26 Å². The lowest BCUT2D eigenvalue weighted by atomic mass is 10.2. The molecular formula is C14H10FN3O2. The van der Waals surface area contributed by atoms with Crippen molar-refractivity contribution < 1.29 is 14.3 Å². The largest absolute Gasteiger partial charge is 0.504 e. The molecule has 2 N–H and O–H groups in total. The summed E-state index contributed by atoms with van der Waals surface area (Å²) >= 11 is 0. The minimum Gasteiger partial charge on any atom is -0.504 e. The van der Waals surface area contributed by atoms with Gasteiger partial charge < -0.3 is 10.4 Å². The summed E-state index contributed by atoms with van der Waals surface area (Å²) in [6.07, 6.45) is 1.27. The van der Waals surface area contributed by atoms with Crippen LogP contribution < -0.4 is 5.32 Å². The van der Waals surface area contributed by atoms with E-state index in [0.717, 1.165) is 0 Å². The Bertz CT molecular complexity index is 678. The summed E-state index contributed by atoms with van der Waals surface area (Å²) in [4.78, 5) is 15.6. The molecule has 6 heteroatoms. The SMILES string of the molecule is N#Cc1ccnc(C(=O)NCc2ccc(F)cc2)c1O. The molecular weight excluding hydrogens is 261 g/mol. The van der Waals surface area contributed by atoms with Crippen molar-refractivity contribution in [3.05, 3.63) is 59.2 Å². The molecule has 1 aromatic heterocycles. The van der Waals surface area contributed by atoms with Crippen molar-refractivity contribution in [1.29, 1.82) is 5.26 Å². The first-order valence-corrected chi connectivity index (χ1v) is 5.72. The summed E-state index contributed by atoms with van der Waals surface area (Å²) in [6.45, 7) is 0.164. The van der Waals surface area contributed by atoms with Crippen molar-refractivity contribution in [2.75, 3.05) is 0 Å². The number of nitrogens with zero attached hydrogens (tertiary/aromatic N) is 2. The third kappa shape index (κ3) is 2.90. The monoisotopic (exact) mass is 271 g/mol. The number of nitriles is 1. The molecule has 0 fully saturated rings. The van der Waals surface area contributed by atoms with E-state index in [9.17, 15) is 14.3 Å². The minimum atomic E-state index is -0.607. The van der Waals surface area contributed by atoms with E-state index in [1.165, 1.54) is 36.5 Å². The molecule has 2 rings (SSSR count). The second-order valence-corrected chi connectivity index (χ2v) is 3.98. The van der Waals surface area contributed by atoms with Crippen LogP contribution in [-0.4, -0.2) is 16.0 Å². The molecule has 20 heavy (non-hydrogen) atoms. The first-order valence-electron chi connectivity index (χ1n) is 5.72. The quantitative estimate of drug-likeness (QED) is 0.890. The zero-order valence-electron chi connectivity index (χ0n) is 10.3. The molecule has 2 aromatic rings. The standard InChI is InChI=1S/C14H10FN3O2/c15-11-3-1-9(2-4-11)8-18-14(20)12-13(19)10(7-16)5-6-17-12/h1-6,19H,8H2,(H,18,20). The third-order valence-corrected chi connectivity index (χ3v) is 2.63. The summed E-state index contributed by atoms with van der Waals surface area (Å²) < 4.78 is 12.7. The molecule has 5 nitrogen and oxygen atoms in total. The van der Waals surface area contributed by atoms with Crippen LogP contribution >= 0.6 is 0 Å².